The zero-order chi connectivity index (χ0) is 21.6. The van der Waals surface area contributed by atoms with Gasteiger partial charge in [0.05, 0.1) is 24.7 Å². The Balaban J connectivity index is 2.06. The van der Waals surface area contributed by atoms with Gasteiger partial charge >= 0.3 is 5.97 Å². The fraction of sp³-hybridized carbons (Fsp3) is 0.0952. The van der Waals surface area contributed by atoms with Crippen LogP contribution in [0.3, 0.4) is 0 Å². The molecule has 0 bridgehead atoms. The van der Waals surface area contributed by atoms with Gasteiger partial charge in [-0.2, -0.15) is 0 Å². The predicted molar refractivity (Wildman–Crippen MR) is 106 cm³/mol. The standard InChI is InChI=1S/C21H14N2O7/c1-29-18-14(21(26)30-2)10-11-6-3-4-7-12(11)17(18)22-19(24)13-8-5-9-15(23(27)28)16(13)20(22)25/h3-10H,1-2H3. The number of fused-ring (bicyclic) bond motifs is 2. The number of carbonyl (C=O) groups is 3. The van der Waals surface area contributed by atoms with E-state index in [0.29, 0.717) is 10.8 Å². The molecule has 9 nitrogen and oxygen atoms in total. The summed E-state index contributed by atoms with van der Waals surface area (Å²) in [5.41, 5.74) is -0.831. The molecule has 0 saturated carbocycles. The van der Waals surface area contributed by atoms with Crippen molar-refractivity contribution in [3.63, 3.8) is 0 Å². The first-order chi connectivity index (χ1) is 14.4. The summed E-state index contributed by atoms with van der Waals surface area (Å²) in [6.07, 6.45) is 0. The highest BCUT2D eigenvalue weighted by Crippen LogP contribution is 2.44. The topological polar surface area (TPSA) is 116 Å². The van der Waals surface area contributed by atoms with Gasteiger partial charge in [0.25, 0.3) is 17.5 Å². The van der Waals surface area contributed by atoms with Gasteiger partial charge in [-0.15, -0.1) is 0 Å². The van der Waals surface area contributed by atoms with E-state index in [1.54, 1.807) is 24.3 Å². The number of nitro benzene ring substituents is 1. The number of anilines is 1. The van der Waals surface area contributed by atoms with E-state index in [1.165, 1.54) is 32.4 Å². The zero-order valence-electron chi connectivity index (χ0n) is 15.9. The first-order valence-corrected chi connectivity index (χ1v) is 8.75. The van der Waals surface area contributed by atoms with E-state index in [9.17, 15) is 24.5 Å². The second-order valence-corrected chi connectivity index (χ2v) is 6.42. The highest BCUT2D eigenvalue weighted by Gasteiger charge is 2.44. The van der Waals surface area contributed by atoms with Crippen LogP contribution in [0.2, 0.25) is 0 Å². The molecule has 0 saturated heterocycles. The maximum atomic E-state index is 13.2. The average Bonchev–Trinajstić information content (AvgIpc) is 3.01. The molecule has 1 aliphatic heterocycles. The largest absolute Gasteiger partial charge is 0.494 e. The zero-order valence-corrected chi connectivity index (χ0v) is 15.9. The fourth-order valence-electron chi connectivity index (χ4n) is 3.62. The Hall–Kier alpha value is -4.27. The van der Waals surface area contributed by atoms with Crippen molar-refractivity contribution in [2.24, 2.45) is 0 Å². The number of hydrogen-bond donors (Lipinski definition) is 0. The van der Waals surface area contributed by atoms with Crippen LogP contribution in [0.25, 0.3) is 10.8 Å². The molecule has 0 radical (unpaired) electrons. The van der Waals surface area contributed by atoms with E-state index in [0.717, 1.165) is 11.0 Å². The van der Waals surface area contributed by atoms with Crippen molar-refractivity contribution >= 4 is 39.9 Å². The second-order valence-electron chi connectivity index (χ2n) is 6.42. The first-order valence-electron chi connectivity index (χ1n) is 8.75. The molecule has 0 fully saturated rings. The number of methoxy groups -OCH3 is 2. The van der Waals surface area contributed by atoms with Gasteiger partial charge in [-0.1, -0.05) is 30.3 Å². The van der Waals surface area contributed by atoms with Crippen molar-refractivity contribution < 1.29 is 28.8 Å². The minimum absolute atomic E-state index is 0.0137. The SMILES string of the molecule is COC(=O)c1cc2ccccc2c(N2C(=O)c3cccc([N+](=O)[O-])c3C2=O)c1OC. The number of hydrogen-bond acceptors (Lipinski definition) is 7. The number of carbonyl (C=O) groups excluding carboxylic acids is 3. The summed E-state index contributed by atoms with van der Waals surface area (Å²) in [4.78, 5) is 50.2. The Kier molecular flexibility index (Phi) is 4.42. The lowest BCUT2D eigenvalue weighted by atomic mass is 10.0. The van der Waals surface area contributed by atoms with Gasteiger partial charge in [-0.05, 0) is 17.5 Å². The molecule has 150 valence electrons. The Morgan fingerprint density at radius 3 is 2.43 bits per heavy atom. The lowest BCUT2D eigenvalue weighted by molar-refractivity contribution is -0.385. The van der Waals surface area contributed by atoms with Gasteiger partial charge in [0, 0.05) is 11.5 Å². The summed E-state index contributed by atoms with van der Waals surface area (Å²) in [6, 6.07) is 12.2. The van der Waals surface area contributed by atoms with Crippen molar-refractivity contribution in [2.45, 2.75) is 0 Å². The van der Waals surface area contributed by atoms with Crippen LogP contribution in [0.4, 0.5) is 11.4 Å². The van der Waals surface area contributed by atoms with Crippen LogP contribution in [-0.2, 0) is 4.74 Å². The second kappa shape index (κ2) is 6.96. The van der Waals surface area contributed by atoms with Crippen LogP contribution in [0.1, 0.15) is 31.1 Å². The summed E-state index contributed by atoms with van der Waals surface area (Å²) in [5.74, 6) is -2.38. The predicted octanol–water partition coefficient (Wildman–Crippen LogP) is 3.34. The van der Waals surface area contributed by atoms with Crippen LogP contribution < -0.4 is 9.64 Å². The lowest BCUT2D eigenvalue weighted by Crippen LogP contribution is -2.30. The van der Waals surface area contributed by atoms with Crippen LogP contribution in [0.5, 0.6) is 5.75 Å². The highest BCUT2D eigenvalue weighted by atomic mass is 16.6. The smallest absolute Gasteiger partial charge is 0.341 e. The minimum atomic E-state index is -0.868. The van der Waals surface area contributed by atoms with E-state index >= 15 is 0 Å². The minimum Gasteiger partial charge on any atom is -0.494 e. The number of rotatable bonds is 4. The number of esters is 1. The molecule has 2 amide bonds. The molecular formula is C21H14N2O7. The molecule has 1 heterocycles. The molecular weight excluding hydrogens is 392 g/mol. The summed E-state index contributed by atoms with van der Waals surface area (Å²) < 4.78 is 10.2. The van der Waals surface area contributed by atoms with Crippen LogP contribution in [0.15, 0.2) is 48.5 Å². The summed E-state index contributed by atoms with van der Waals surface area (Å²) in [6.45, 7) is 0. The number of amides is 2. The Labute approximate surface area is 169 Å². The fourth-order valence-corrected chi connectivity index (χ4v) is 3.62. The molecule has 0 N–H and O–H groups in total. The highest BCUT2D eigenvalue weighted by molar-refractivity contribution is 6.38. The van der Waals surface area contributed by atoms with E-state index in [1.807, 2.05) is 0 Å². The number of ether oxygens (including phenoxy) is 2. The Bertz CT molecular complexity index is 1270. The molecule has 0 atom stereocenters. The van der Waals surface area contributed by atoms with Crippen LogP contribution in [-0.4, -0.2) is 36.9 Å². The maximum Gasteiger partial charge on any atom is 0.341 e. The third kappa shape index (κ3) is 2.60. The van der Waals surface area contributed by atoms with Crippen molar-refractivity contribution in [3.05, 3.63) is 75.3 Å². The lowest BCUT2D eigenvalue weighted by Gasteiger charge is -2.21. The molecule has 0 aliphatic carbocycles. The van der Waals surface area contributed by atoms with Crippen LogP contribution in [0, 0.1) is 10.1 Å². The van der Waals surface area contributed by atoms with E-state index < -0.39 is 28.4 Å². The van der Waals surface area contributed by atoms with Crippen molar-refractivity contribution in [1.82, 2.24) is 0 Å². The maximum absolute atomic E-state index is 13.2. The monoisotopic (exact) mass is 406 g/mol. The summed E-state index contributed by atoms with van der Waals surface area (Å²) in [7, 11) is 2.49. The molecule has 9 heteroatoms. The number of nitrogens with zero attached hydrogens (tertiary/aromatic N) is 2. The Morgan fingerprint density at radius 1 is 1.03 bits per heavy atom. The molecule has 0 unspecified atom stereocenters. The van der Waals surface area contributed by atoms with E-state index in [4.69, 9.17) is 9.47 Å². The average molecular weight is 406 g/mol. The molecule has 3 aromatic carbocycles. The molecule has 1 aliphatic rings. The molecule has 0 spiro atoms. The third-order valence-electron chi connectivity index (χ3n) is 4.90. The van der Waals surface area contributed by atoms with Crippen molar-refractivity contribution in [1.29, 1.82) is 0 Å². The summed E-state index contributed by atoms with van der Waals surface area (Å²) in [5, 5.41) is 12.4. The molecule has 30 heavy (non-hydrogen) atoms. The van der Waals surface area contributed by atoms with Gasteiger partial charge in [-0.25, -0.2) is 9.69 Å². The van der Waals surface area contributed by atoms with Crippen LogP contribution >= 0.6 is 0 Å². The first kappa shape index (κ1) is 19.1. The molecule has 4 rings (SSSR count). The van der Waals surface area contributed by atoms with Crippen molar-refractivity contribution in [2.75, 3.05) is 19.1 Å². The number of imide groups is 1. The molecule has 3 aromatic rings. The number of nitro groups is 1. The normalized spacial score (nSPS) is 12.8. The van der Waals surface area contributed by atoms with E-state index in [-0.39, 0.29) is 28.1 Å². The van der Waals surface area contributed by atoms with Gasteiger partial charge in [0.1, 0.15) is 16.8 Å². The Morgan fingerprint density at radius 2 is 1.77 bits per heavy atom. The quantitative estimate of drug-likeness (QED) is 0.282. The van der Waals surface area contributed by atoms with Gasteiger partial charge < -0.3 is 9.47 Å². The van der Waals surface area contributed by atoms with E-state index in [2.05, 4.69) is 0 Å². The molecule has 0 aromatic heterocycles. The number of benzene rings is 3. The van der Waals surface area contributed by atoms with Crippen molar-refractivity contribution in [3.8, 4) is 5.75 Å². The third-order valence-corrected chi connectivity index (χ3v) is 4.90. The van der Waals surface area contributed by atoms with Gasteiger partial charge in [0.15, 0.2) is 5.75 Å². The summed E-state index contributed by atoms with van der Waals surface area (Å²) >= 11 is 0. The van der Waals surface area contributed by atoms with Gasteiger partial charge in [-0.3, -0.25) is 19.7 Å². The van der Waals surface area contributed by atoms with Gasteiger partial charge in [0.2, 0.25) is 0 Å².